The molecule has 9 heteroatoms. The van der Waals surface area contributed by atoms with Crippen molar-refractivity contribution in [2.24, 2.45) is 0 Å². The van der Waals surface area contributed by atoms with Crippen LogP contribution in [-0.4, -0.2) is 87.4 Å². The number of carboxylic acids is 1. The minimum absolute atomic E-state index is 0.182. The average Bonchev–Trinajstić information content (AvgIpc) is 3.40. The van der Waals surface area contributed by atoms with Crippen molar-refractivity contribution in [2.45, 2.75) is 270 Å². The maximum absolute atomic E-state index is 12.9. The van der Waals surface area contributed by atoms with Crippen LogP contribution in [0.1, 0.15) is 258 Å². The van der Waals surface area contributed by atoms with Crippen molar-refractivity contribution >= 4 is 17.9 Å². The molecule has 0 radical (unpaired) electrons. The van der Waals surface area contributed by atoms with E-state index in [9.17, 15) is 19.5 Å². The third kappa shape index (κ3) is 59.7. The molecular weight excluding hydrogens is 959 g/mol. The van der Waals surface area contributed by atoms with Gasteiger partial charge in [0.25, 0.3) is 6.29 Å². The monoisotopic (exact) mass is 1080 g/mol. The minimum atomic E-state index is -1.51. The van der Waals surface area contributed by atoms with Crippen molar-refractivity contribution < 1.29 is 42.9 Å². The van der Waals surface area contributed by atoms with E-state index in [-0.39, 0.29) is 32.2 Å². The molecule has 0 heterocycles. The molecule has 2 unspecified atom stereocenters. The van der Waals surface area contributed by atoms with E-state index in [1.807, 2.05) is 21.1 Å². The summed E-state index contributed by atoms with van der Waals surface area (Å²) in [6.07, 6.45) is 76.5. The fourth-order valence-corrected chi connectivity index (χ4v) is 8.56. The highest BCUT2D eigenvalue weighted by Gasteiger charge is 2.25. The summed E-state index contributed by atoms with van der Waals surface area (Å²) in [5.41, 5.74) is 0. The number of hydrogen-bond acceptors (Lipinski definition) is 7. The van der Waals surface area contributed by atoms with E-state index in [0.717, 1.165) is 89.9 Å². The third-order valence-corrected chi connectivity index (χ3v) is 13.4. The van der Waals surface area contributed by atoms with E-state index in [1.165, 1.54) is 141 Å². The molecule has 2 atom stereocenters. The van der Waals surface area contributed by atoms with Gasteiger partial charge in [0.05, 0.1) is 34.4 Å². The normalized spacial score (nSPS) is 13.4. The number of ether oxygens (including phenoxy) is 4. The quantitative estimate of drug-likeness (QED) is 0.0211. The minimum Gasteiger partial charge on any atom is -0.477 e. The summed E-state index contributed by atoms with van der Waals surface area (Å²) in [4.78, 5) is 37.4. The van der Waals surface area contributed by atoms with E-state index >= 15 is 0 Å². The Labute approximate surface area is 473 Å². The maximum Gasteiger partial charge on any atom is 0.361 e. The van der Waals surface area contributed by atoms with Crippen molar-refractivity contribution in [1.29, 1.82) is 0 Å². The molecule has 0 fully saturated rings. The van der Waals surface area contributed by atoms with Crippen LogP contribution in [0.4, 0.5) is 0 Å². The van der Waals surface area contributed by atoms with Crippen molar-refractivity contribution in [3.63, 3.8) is 0 Å². The first-order chi connectivity index (χ1) is 37.6. The zero-order valence-corrected chi connectivity index (χ0v) is 50.3. The molecule has 0 aromatic carbocycles. The standard InChI is InChI=1S/C68H117NO8/c1-6-8-10-12-14-16-18-20-21-22-23-24-25-26-27-28-29-30-31-32-33-34-35-36-37-38-39-40-41-42-43-44-45-47-49-51-53-55-57-59-66(71)77-64(63-76-68(67(72)73)74-61-60-69(3,4)5)62-75-65(70)58-56-54-52-50-48-46-19-17-15-13-11-9-7-2/h8,10,14,16,20-21,23-24,26-27,29-30,32-33,35-36,64,68H,6-7,9,11-13,15,17-19,22,25,28,31,34,37-63H2,1-5H3/p+1/b10-8-,16-14-,21-20-,24-23-,27-26-,30-29-,33-32-,36-35-. The van der Waals surface area contributed by atoms with Gasteiger partial charge in [0.15, 0.2) is 6.10 Å². The van der Waals surface area contributed by atoms with Crippen molar-refractivity contribution in [3.8, 4) is 0 Å². The Morgan fingerprint density at radius 2 is 0.740 bits per heavy atom. The zero-order valence-electron chi connectivity index (χ0n) is 50.3. The molecule has 9 nitrogen and oxygen atoms in total. The van der Waals surface area contributed by atoms with Gasteiger partial charge in [0.1, 0.15) is 13.2 Å². The zero-order chi connectivity index (χ0) is 56.2. The third-order valence-electron chi connectivity index (χ3n) is 13.4. The fraction of sp³-hybridized carbons (Fsp3) is 0.721. The number of unbranched alkanes of at least 4 members (excludes halogenated alkanes) is 26. The van der Waals surface area contributed by atoms with Gasteiger partial charge in [-0.25, -0.2) is 4.79 Å². The summed E-state index contributed by atoms with van der Waals surface area (Å²) in [6, 6.07) is 0. The Bertz CT molecular complexity index is 1580. The van der Waals surface area contributed by atoms with Gasteiger partial charge in [-0.15, -0.1) is 0 Å². The highest BCUT2D eigenvalue weighted by Crippen LogP contribution is 2.16. The Morgan fingerprint density at radius 3 is 1.10 bits per heavy atom. The summed E-state index contributed by atoms with van der Waals surface area (Å²) in [5.74, 6) is -2.00. The number of likely N-dealkylation sites (N-methyl/N-ethyl adjacent to an activating group) is 1. The smallest absolute Gasteiger partial charge is 0.361 e. The van der Waals surface area contributed by atoms with E-state index in [0.29, 0.717) is 17.4 Å². The van der Waals surface area contributed by atoms with E-state index in [2.05, 4.69) is 111 Å². The van der Waals surface area contributed by atoms with Crippen LogP contribution >= 0.6 is 0 Å². The second kappa shape index (κ2) is 58.4. The largest absolute Gasteiger partial charge is 0.477 e. The fourth-order valence-electron chi connectivity index (χ4n) is 8.56. The van der Waals surface area contributed by atoms with Crippen LogP contribution in [0.25, 0.3) is 0 Å². The summed E-state index contributed by atoms with van der Waals surface area (Å²) in [6.45, 7) is 4.77. The SMILES string of the molecule is CC/C=C\C/C=C\C/C=C\C/C=C\C/C=C\C/C=C\C/C=C\C/C=C\CCCCCCCCCCCCCCCCC(=O)OC(COC(=O)CCCCCCCCCCCCCCC)COC(OCC[N+](C)(C)C)C(=O)O. The van der Waals surface area contributed by atoms with Gasteiger partial charge in [-0.3, -0.25) is 9.59 Å². The first-order valence-corrected chi connectivity index (χ1v) is 31.4. The van der Waals surface area contributed by atoms with Crippen LogP contribution in [0.3, 0.4) is 0 Å². The number of nitrogens with zero attached hydrogens (tertiary/aromatic N) is 1. The Hall–Kier alpha value is -3.79. The lowest BCUT2D eigenvalue weighted by Crippen LogP contribution is -2.40. The highest BCUT2D eigenvalue weighted by molar-refractivity contribution is 5.71. The topological polar surface area (TPSA) is 108 Å². The molecule has 0 bridgehead atoms. The molecule has 0 spiro atoms. The molecule has 77 heavy (non-hydrogen) atoms. The van der Waals surface area contributed by atoms with Gasteiger partial charge < -0.3 is 28.5 Å². The summed E-state index contributed by atoms with van der Waals surface area (Å²) in [7, 11) is 5.97. The van der Waals surface area contributed by atoms with Crippen molar-refractivity contribution in [3.05, 3.63) is 97.2 Å². The van der Waals surface area contributed by atoms with Gasteiger partial charge in [-0.1, -0.05) is 265 Å². The predicted molar refractivity (Wildman–Crippen MR) is 327 cm³/mol. The van der Waals surface area contributed by atoms with Gasteiger partial charge in [-0.2, -0.15) is 0 Å². The van der Waals surface area contributed by atoms with Crippen LogP contribution in [-0.2, 0) is 33.3 Å². The number of carbonyl (C=O) groups excluding carboxylic acids is 2. The molecular formula is C68H118NO8+. The molecule has 0 rings (SSSR count). The van der Waals surface area contributed by atoms with Crippen LogP contribution in [0.2, 0.25) is 0 Å². The summed E-state index contributed by atoms with van der Waals surface area (Å²) < 4.78 is 22.9. The summed E-state index contributed by atoms with van der Waals surface area (Å²) >= 11 is 0. The average molecular weight is 1080 g/mol. The first kappa shape index (κ1) is 73.2. The van der Waals surface area contributed by atoms with Crippen LogP contribution in [0.5, 0.6) is 0 Å². The molecule has 0 amide bonds. The lowest BCUT2D eigenvalue weighted by molar-refractivity contribution is -0.870. The van der Waals surface area contributed by atoms with Gasteiger partial charge in [-0.05, 0) is 77.0 Å². The molecule has 0 aromatic rings. The summed E-state index contributed by atoms with van der Waals surface area (Å²) in [5, 5.41) is 9.70. The lowest BCUT2D eigenvalue weighted by atomic mass is 10.0. The molecule has 442 valence electrons. The molecule has 0 aliphatic heterocycles. The van der Waals surface area contributed by atoms with Crippen LogP contribution < -0.4 is 0 Å². The van der Waals surface area contributed by atoms with Gasteiger partial charge in [0, 0.05) is 12.8 Å². The molecule has 0 saturated carbocycles. The molecule has 0 aliphatic rings. The molecule has 0 aliphatic carbocycles. The van der Waals surface area contributed by atoms with Gasteiger partial charge in [0.2, 0.25) is 0 Å². The van der Waals surface area contributed by atoms with Gasteiger partial charge >= 0.3 is 17.9 Å². The van der Waals surface area contributed by atoms with E-state index < -0.39 is 24.3 Å². The lowest BCUT2D eigenvalue weighted by Gasteiger charge is -2.25. The second-order valence-electron chi connectivity index (χ2n) is 22.0. The maximum atomic E-state index is 12.9. The van der Waals surface area contributed by atoms with Crippen LogP contribution in [0, 0.1) is 0 Å². The molecule has 0 saturated heterocycles. The molecule has 0 aromatic heterocycles. The highest BCUT2D eigenvalue weighted by atomic mass is 16.7. The molecule has 1 N–H and O–H groups in total. The Morgan fingerprint density at radius 1 is 0.403 bits per heavy atom. The number of hydrogen-bond donors (Lipinski definition) is 1. The van der Waals surface area contributed by atoms with Crippen LogP contribution in [0.15, 0.2) is 97.2 Å². The van der Waals surface area contributed by atoms with Crippen molar-refractivity contribution in [1.82, 2.24) is 0 Å². The van der Waals surface area contributed by atoms with E-state index in [4.69, 9.17) is 18.9 Å². The first-order valence-electron chi connectivity index (χ1n) is 31.4. The number of rotatable bonds is 57. The number of quaternary nitrogens is 1. The Kier molecular flexibility index (Phi) is 55.5. The van der Waals surface area contributed by atoms with Crippen molar-refractivity contribution in [2.75, 3.05) is 47.5 Å². The predicted octanol–water partition coefficient (Wildman–Crippen LogP) is 18.9. The second-order valence-corrected chi connectivity index (χ2v) is 22.0. The Balaban J connectivity index is 4.06. The number of carboxylic acid groups (broad SMARTS) is 1. The number of allylic oxidation sites excluding steroid dienone is 16. The van der Waals surface area contributed by atoms with E-state index in [1.54, 1.807) is 0 Å². The number of aliphatic carboxylic acids is 1. The number of carbonyl (C=O) groups is 3. The number of esters is 2.